The molecule has 1 amide bonds. The van der Waals surface area contributed by atoms with Gasteiger partial charge in [-0.2, -0.15) is 0 Å². The van der Waals surface area contributed by atoms with Crippen molar-refractivity contribution in [1.82, 2.24) is 20.3 Å². The summed E-state index contributed by atoms with van der Waals surface area (Å²) in [5.41, 5.74) is 0.456. The van der Waals surface area contributed by atoms with Crippen molar-refractivity contribution >= 4 is 23.2 Å². The molecular formula is C12H11ClFN5O. The Morgan fingerprint density at radius 1 is 1.45 bits per heavy atom. The highest BCUT2D eigenvalue weighted by Gasteiger charge is 2.21. The summed E-state index contributed by atoms with van der Waals surface area (Å²) in [5.74, 6) is -0.970. The lowest BCUT2D eigenvalue weighted by Crippen LogP contribution is -2.43. The summed E-state index contributed by atoms with van der Waals surface area (Å²) in [5, 5.41) is 13.6. The van der Waals surface area contributed by atoms with Gasteiger partial charge < -0.3 is 10.6 Å². The lowest BCUT2D eigenvalue weighted by molar-refractivity contribution is 0.102. The van der Waals surface area contributed by atoms with Crippen LogP contribution in [0.15, 0.2) is 24.4 Å². The van der Waals surface area contributed by atoms with E-state index in [9.17, 15) is 9.18 Å². The second-order valence-electron chi connectivity index (χ2n) is 4.51. The fourth-order valence-electron chi connectivity index (χ4n) is 1.84. The van der Waals surface area contributed by atoms with E-state index >= 15 is 0 Å². The molecule has 2 heterocycles. The van der Waals surface area contributed by atoms with Crippen molar-refractivity contribution < 1.29 is 9.18 Å². The third kappa shape index (κ3) is 2.63. The Hall–Kier alpha value is -1.99. The number of benzene rings is 1. The van der Waals surface area contributed by atoms with Gasteiger partial charge in [0.2, 0.25) is 0 Å². The molecular weight excluding hydrogens is 285 g/mol. The highest BCUT2D eigenvalue weighted by molar-refractivity contribution is 6.31. The maximum absolute atomic E-state index is 13.2. The van der Waals surface area contributed by atoms with Crippen LogP contribution in [0.2, 0.25) is 5.02 Å². The number of rotatable bonds is 3. The summed E-state index contributed by atoms with van der Waals surface area (Å²) in [6, 6.07) is 4.04. The normalized spacial score (nSPS) is 14.9. The maximum Gasteiger partial charge on any atom is 0.277 e. The van der Waals surface area contributed by atoms with Crippen LogP contribution in [-0.4, -0.2) is 34.0 Å². The Balaban J connectivity index is 1.73. The van der Waals surface area contributed by atoms with Crippen molar-refractivity contribution in [3.05, 3.63) is 40.9 Å². The van der Waals surface area contributed by atoms with Crippen LogP contribution in [-0.2, 0) is 0 Å². The summed E-state index contributed by atoms with van der Waals surface area (Å²) in [6.07, 6.45) is 1.57. The molecule has 1 aliphatic heterocycles. The van der Waals surface area contributed by atoms with Gasteiger partial charge in [0, 0.05) is 23.8 Å². The van der Waals surface area contributed by atoms with Crippen molar-refractivity contribution in [3.8, 4) is 0 Å². The number of hydrogen-bond donors (Lipinski definition) is 2. The minimum Gasteiger partial charge on any atom is -0.320 e. The monoisotopic (exact) mass is 295 g/mol. The molecule has 104 valence electrons. The van der Waals surface area contributed by atoms with Crippen LogP contribution in [0.5, 0.6) is 0 Å². The zero-order valence-corrected chi connectivity index (χ0v) is 11.1. The number of hydrogen-bond acceptors (Lipinski definition) is 4. The SMILES string of the molecule is O=C(Nc1cc(F)cc(Cl)c1)c1cn(C2CNC2)nn1. The van der Waals surface area contributed by atoms with Gasteiger partial charge in [-0.1, -0.05) is 16.8 Å². The molecule has 8 heteroatoms. The molecule has 2 N–H and O–H groups in total. The number of aromatic nitrogens is 3. The summed E-state index contributed by atoms with van der Waals surface area (Å²) < 4.78 is 14.8. The second kappa shape index (κ2) is 5.18. The van der Waals surface area contributed by atoms with E-state index in [2.05, 4.69) is 20.9 Å². The standard InChI is InChI=1S/C12H11ClFN5O/c13-7-1-8(14)3-9(2-7)16-12(20)11-6-19(18-17-11)10-4-15-5-10/h1-3,6,10,15H,4-5H2,(H,16,20). The minimum absolute atomic E-state index is 0.178. The first-order chi connectivity index (χ1) is 9.61. The van der Waals surface area contributed by atoms with E-state index in [0.717, 1.165) is 19.2 Å². The zero-order chi connectivity index (χ0) is 14.1. The summed E-state index contributed by atoms with van der Waals surface area (Å²) >= 11 is 5.72. The molecule has 0 atom stereocenters. The van der Waals surface area contributed by atoms with Gasteiger partial charge in [0.1, 0.15) is 5.82 Å². The predicted octanol–water partition coefficient (Wildman–Crippen LogP) is 1.47. The largest absolute Gasteiger partial charge is 0.320 e. The first-order valence-corrected chi connectivity index (χ1v) is 6.39. The van der Waals surface area contributed by atoms with E-state index in [0.29, 0.717) is 0 Å². The van der Waals surface area contributed by atoms with Gasteiger partial charge in [-0.25, -0.2) is 9.07 Å². The lowest BCUT2D eigenvalue weighted by Gasteiger charge is -2.26. The number of nitrogens with zero attached hydrogens (tertiary/aromatic N) is 3. The molecule has 0 saturated carbocycles. The molecule has 0 radical (unpaired) electrons. The summed E-state index contributed by atoms with van der Waals surface area (Å²) in [4.78, 5) is 12.0. The van der Waals surface area contributed by atoms with Crippen LogP contribution in [0.4, 0.5) is 10.1 Å². The van der Waals surface area contributed by atoms with Crippen molar-refractivity contribution in [1.29, 1.82) is 0 Å². The van der Waals surface area contributed by atoms with Gasteiger partial charge in [0.15, 0.2) is 5.69 Å². The Bertz CT molecular complexity index is 635. The van der Waals surface area contributed by atoms with Crippen molar-refractivity contribution in [2.45, 2.75) is 6.04 Å². The molecule has 3 rings (SSSR count). The van der Waals surface area contributed by atoms with Gasteiger partial charge >= 0.3 is 0 Å². The highest BCUT2D eigenvalue weighted by atomic mass is 35.5. The maximum atomic E-state index is 13.2. The predicted molar refractivity (Wildman–Crippen MR) is 71.3 cm³/mol. The molecule has 0 aliphatic carbocycles. The van der Waals surface area contributed by atoms with Crippen molar-refractivity contribution in [3.63, 3.8) is 0 Å². The third-order valence-electron chi connectivity index (χ3n) is 3.00. The van der Waals surface area contributed by atoms with Crippen LogP contribution >= 0.6 is 11.6 Å². The quantitative estimate of drug-likeness (QED) is 0.899. The average molecular weight is 296 g/mol. The van der Waals surface area contributed by atoms with Crippen LogP contribution in [0, 0.1) is 5.82 Å². The number of amides is 1. The van der Waals surface area contributed by atoms with Gasteiger partial charge in [0.05, 0.1) is 12.2 Å². The van der Waals surface area contributed by atoms with Gasteiger partial charge in [-0.05, 0) is 18.2 Å². The Kier molecular flexibility index (Phi) is 3.37. The number of halogens is 2. The van der Waals surface area contributed by atoms with E-state index in [1.165, 1.54) is 12.1 Å². The Morgan fingerprint density at radius 3 is 2.90 bits per heavy atom. The fourth-order valence-corrected chi connectivity index (χ4v) is 2.06. The molecule has 0 unspecified atom stereocenters. The summed E-state index contributed by atoms with van der Waals surface area (Å²) in [6.45, 7) is 1.62. The zero-order valence-electron chi connectivity index (χ0n) is 10.3. The van der Waals surface area contributed by atoms with Crippen molar-refractivity contribution in [2.24, 2.45) is 0 Å². The van der Waals surface area contributed by atoms with Gasteiger partial charge in [-0.3, -0.25) is 4.79 Å². The van der Waals surface area contributed by atoms with Crippen LogP contribution in [0.1, 0.15) is 16.5 Å². The third-order valence-corrected chi connectivity index (χ3v) is 3.22. The van der Waals surface area contributed by atoms with Gasteiger partial charge in [-0.15, -0.1) is 5.10 Å². The summed E-state index contributed by atoms with van der Waals surface area (Å²) in [7, 11) is 0. The van der Waals surface area contributed by atoms with E-state index in [4.69, 9.17) is 11.6 Å². The smallest absolute Gasteiger partial charge is 0.277 e. The minimum atomic E-state index is -0.517. The van der Waals surface area contributed by atoms with Gasteiger partial charge in [0.25, 0.3) is 5.91 Å². The molecule has 6 nitrogen and oxygen atoms in total. The molecule has 1 aromatic carbocycles. The molecule has 2 aromatic rings. The van der Waals surface area contributed by atoms with Crippen LogP contribution in [0.25, 0.3) is 0 Å². The van der Waals surface area contributed by atoms with Crippen molar-refractivity contribution in [2.75, 3.05) is 18.4 Å². The molecule has 1 aliphatic rings. The average Bonchev–Trinajstić information content (AvgIpc) is 2.74. The van der Waals surface area contributed by atoms with Crippen LogP contribution < -0.4 is 10.6 Å². The molecule has 0 spiro atoms. The van der Waals surface area contributed by atoms with E-state index in [-0.39, 0.29) is 22.4 Å². The second-order valence-corrected chi connectivity index (χ2v) is 4.94. The van der Waals surface area contributed by atoms with Crippen LogP contribution in [0.3, 0.4) is 0 Å². The first-order valence-electron chi connectivity index (χ1n) is 6.02. The fraction of sp³-hybridized carbons (Fsp3) is 0.250. The Labute approximate surface area is 118 Å². The molecule has 20 heavy (non-hydrogen) atoms. The topological polar surface area (TPSA) is 71.8 Å². The number of carbonyl (C=O) groups excluding carboxylic acids is 1. The number of nitrogens with one attached hydrogen (secondary N) is 2. The molecule has 1 aromatic heterocycles. The highest BCUT2D eigenvalue weighted by Crippen LogP contribution is 2.18. The first kappa shape index (κ1) is 13.0. The number of carbonyl (C=O) groups is 1. The Morgan fingerprint density at radius 2 is 2.25 bits per heavy atom. The molecule has 1 saturated heterocycles. The lowest BCUT2D eigenvalue weighted by atomic mass is 10.2. The van der Waals surface area contributed by atoms with E-state index in [1.54, 1.807) is 10.9 Å². The molecule has 0 bridgehead atoms. The van der Waals surface area contributed by atoms with E-state index in [1.807, 2.05) is 0 Å². The van der Waals surface area contributed by atoms with E-state index < -0.39 is 11.7 Å². The number of anilines is 1. The molecule has 1 fully saturated rings.